The summed E-state index contributed by atoms with van der Waals surface area (Å²) in [6, 6.07) is 89.3. The van der Waals surface area contributed by atoms with Gasteiger partial charge in [0, 0.05) is 121 Å². The maximum atomic E-state index is 2.59. The number of benzene rings is 12. The van der Waals surface area contributed by atoms with Crippen molar-refractivity contribution in [2.45, 2.75) is 198 Å². The van der Waals surface area contributed by atoms with Crippen molar-refractivity contribution in [3.8, 4) is 22.5 Å². The Kier molecular flexibility index (Phi) is 20.1. The third kappa shape index (κ3) is 12.2. The zero-order valence-corrected chi connectivity index (χ0v) is 83.9. The molecule has 0 atom stereocenters. The van der Waals surface area contributed by atoms with Crippen LogP contribution >= 0.6 is 0 Å². The van der Waals surface area contributed by atoms with Crippen LogP contribution in [0, 0.1) is 53.4 Å². The van der Waals surface area contributed by atoms with Gasteiger partial charge in [0.15, 0.2) is 28.5 Å². The normalized spacial score (nSPS) is 15.2. The number of rotatable bonds is 6. The molecular weight excluding hydrogens is 1630 g/mol. The van der Waals surface area contributed by atoms with Crippen molar-refractivity contribution in [2.75, 3.05) is 0 Å². The summed E-state index contributed by atoms with van der Waals surface area (Å²) in [6.45, 7) is 51.6. The summed E-state index contributed by atoms with van der Waals surface area (Å²) in [5, 5.41) is 20.2. The second kappa shape index (κ2) is 30.9. The number of aromatic nitrogens is 10. The highest BCUT2D eigenvalue weighted by molar-refractivity contribution is 6.18. The van der Waals surface area contributed by atoms with Gasteiger partial charge in [0.1, 0.15) is 58.1 Å². The van der Waals surface area contributed by atoms with Crippen molar-refractivity contribution < 1.29 is 22.7 Å². The van der Waals surface area contributed by atoms with Crippen molar-refractivity contribution in [2.24, 2.45) is 47.1 Å². The lowest BCUT2D eigenvalue weighted by Crippen LogP contribution is -2.51. The molecule has 0 radical (unpaired) electrons. The number of imidazole rings is 5. The molecule has 0 saturated heterocycles. The summed E-state index contributed by atoms with van der Waals surface area (Å²) in [5.41, 5.74) is 38.2. The predicted molar refractivity (Wildman–Crippen MR) is 562 cm³/mol. The van der Waals surface area contributed by atoms with E-state index in [1.807, 2.05) is 0 Å². The summed E-state index contributed by atoms with van der Waals surface area (Å²) < 4.78 is 24.2. The fraction of sp³-hybridized carbons (Fsp3) is 0.298. The molecule has 672 valence electrons. The molecule has 25 rings (SSSR count). The van der Waals surface area contributed by atoms with Crippen LogP contribution in [0.15, 0.2) is 267 Å². The molecule has 22 aromatic rings. The molecule has 3 aliphatic rings. The maximum absolute atomic E-state index is 2.59. The van der Waals surface area contributed by atoms with Gasteiger partial charge in [-0.05, 0) is 110 Å². The molecule has 0 aliphatic carbocycles. The summed E-state index contributed by atoms with van der Waals surface area (Å²) in [6.07, 6.45) is 11.1. The Morgan fingerprint density at radius 1 is 0.328 bits per heavy atom. The second-order valence-electron chi connectivity index (χ2n) is 43.6. The number of fused-ring (bicyclic) bond motifs is 21. The van der Waals surface area contributed by atoms with Crippen LogP contribution in [-0.4, -0.2) is 22.2 Å². The van der Waals surface area contributed by atoms with Crippen LogP contribution in [0.3, 0.4) is 0 Å². The average Bonchev–Trinajstić information content (AvgIpc) is 1.49. The summed E-state index contributed by atoms with van der Waals surface area (Å²) >= 11 is 0. The van der Waals surface area contributed by atoms with E-state index in [4.69, 9.17) is 0 Å². The molecule has 0 saturated carbocycles. The van der Waals surface area contributed by atoms with Gasteiger partial charge in [0.2, 0.25) is 0 Å². The topological polar surface area (TPSA) is 42.2 Å². The van der Waals surface area contributed by atoms with Crippen LogP contribution in [0.4, 0.5) is 0 Å². The minimum atomic E-state index is -0.0556. The van der Waals surface area contributed by atoms with Crippen LogP contribution < -0.4 is 22.7 Å². The zero-order valence-electron chi connectivity index (χ0n) is 83.9. The van der Waals surface area contributed by atoms with Crippen molar-refractivity contribution in [1.29, 1.82) is 0 Å². The third-order valence-electron chi connectivity index (χ3n) is 33.5. The van der Waals surface area contributed by atoms with Crippen molar-refractivity contribution in [3.05, 3.63) is 346 Å². The van der Waals surface area contributed by atoms with Crippen molar-refractivity contribution in [3.63, 3.8) is 0 Å². The van der Waals surface area contributed by atoms with E-state index in [1.165, 1.54) is 238 Å². The molecule has 10 nitrogen and oxygen atoms in total. The van der Waals surface area contributed by atoms with Crippen molar-refractivity contribution in [1.82, 2.24) is 22.2 Å². The summed E-state index contributed by atoms with van der Waals surface area (Å²) in [5.74, 6) is 1.22. The second-order valence-corrected chi connectivity index (χ2v) is 43.6. The fourth-order valence-electron chi connectivity index (χ4n) is 24.8. The highest BCUT2D eigenvalue weighted by Crippen LogP contribution is 2.56. The van der Waals surface area contributed by atoms with Gasteiger partial charge >= 0.3 is 0 Å². The highest BCUT2D eigenvalue weighted by atomic mass is 15.2. The number of hydrogen-bond donors (Lipinski definition) is 0. The first-order chi connectivity index (χ1) is 63.9. The van der Waals surface area contributed by atoms with Crippen LogP contribution in [0.25, 0.3) is 159 Å². The molecule has 0 fully saturated rings. The molecule has 0 N–H and O–H groups in total. The van der Waals surface area contributed by atoms with Gasteiger partial charge in [-0.15, -0.1) is 0 Å². The van der Waals surface area contributed by atoms with Crippen LogP contribution in [-0.2, 0) is 80.6 Å². The van der Waals surface area contributed by atoms with Gasteiger partial charge in [-0.3, -0.25) is 0 Å². The van der Waals surface area contributed by atoms with E-state index in [1.54, 1.807) is 0 Å². The summed E-state index contributed by atoms with van der Waals surface area (Å²) in [7, 11) is 11.0. The Morgan fingerprint density at radius 2 is 0.724 bits per heavy atom. The Morgan fingerprint density at radius 3 is 1.26 bits per heavy atom. The van der Waals surface area contributed by atoms with Gasteiger partial charge < -0.3 is 0 Å². The lowest BCUT2D eigenvalue weighted by Gasteiger charge is -2.43. The Bertz CT molecular complexity index is 8720. The molecular formula is C124H131N10+5. The van der Waals surface area contributed by atoms with E-state index in [0.717, 1.165) is 12.8 Å². The Hall–Kier alpha value is -13.3. The zero-order chi connectivity index (χ0) is 94.3. The quantitative estimate of drug-likeness (QED) is 0.118. The molecule has 0 unspecified atom stereocenters. The molecule has 134 heavy (non-hydrogen) atoms. The summed E-state index contributed by atoms with van der Waals surface area (Å²) in [4.78, 5) is 0. The lowest BCUT2D eigenvalue weighted by atomic mass is 9.60. The largest absolute Gasteiger partial charge is 0.295 e. The SMILES string of the molecule is Cc1cccc2c3cccc4c3[n+]3c(c(C)n(C)c3c12)C(C)(C)C4(C)C.Cc1cccc2c3cccc4c3n3c(c(-c5ccccc5)[n+](C)c3c12)C(C)(C)C4(C)C.Cc1cccc2c3cccc4c3n3c(c[n+](C)c3c12)C(C)(C)C4(C)C.Cc1cccc2c3ccccc3n3c(-c4c(CC(C)C)cccc4CC(C)C)c[n+](C)c3c12.Cc1cccc2c3ccccc3n3cc[n+](C)c3c12. The molecule has 12 aromatic carbocycles. The number of pyridine rings is 5. The van der Waals surface area contributed by atoms with Crippen LogP contribution in [0.5, 0.6) is 0 Å². The van der Waals surface area contributed by atoms with E-state index in [0.29, 0.717) is 11.8 Å². The van der Waals surface area contributed by atoms with E-state index < -0.39 is 0 Å². The highest BCUT2D eigenvalue weighted by Gasteiger charge is 2.55. The fourth-order valence-corrected chi connectivity index (χ4v) is 24.8. The first kappa shape index (κ1) is 87.3. The van der Waals surface area contributed by atoms with E-state index in [-0.39, 0.29) is 32.5 Å². The first-order valence-electron chi connectivity index (χ1n) is 48.7. The van der Waals surface area contributed by atoms with Gasteiger partial charge in [-0.1, -0.05) is 341 Å². The minimum absolute atomic E-state index is 0.0121. The smallest absolute Gasteiger partial charge is 0.232 e. The van der Waals surface area contributed by atoms with Gasteiger partial charge in [-0.2, -0.15) is 22.0 Å². The van der Waals surface area contributed by atoms with Crippen molar-refractivity contribution >= 4 is 137 Å². The van der Waals surface area contributed by atoms with Gasteiger partial charge in [-0.25, -0.2) is 22.8 Å². The van der Waals surface area contributed by atoms with Crippen LogP contribution in [0.2, 0.25) is 0 Å². The third-order valence-corrected chi connectivity index (χ3v) is 33.5. The molecule has 13 heterocycles. The molecule has 10 aromatic heterocycles. The molecule has 3 aliphatic heterocycles. The van der Waals surface area contributed by atoms with E-state index >= 15 is 0 Å². The van der Waals surface area contributed by atoms with E-state index in [9.17, 15) is 0 Å². The first-order valence-corrected chi connectivity index (χ1v) is 48.7. The molecule has 0 amide bonds. The maximum Gasteiger partial charge on any atom is 0.295 e. The minimum Gasteiger partial charge on any atom is -0.232 e. The van der Waals surface area contributed by atoms with Gasteiger partial charge in [0.05, 0.1) is 62.2 Å². The molecule has 10 heteroatoms. The average molecular weight is 1760 g/mol. The monoisotopic (exact) mass is 1760 g/mol. The number of hydrogen-bond acceptors (Lipinski definition) is 0. The standard InChI is InChI=1S/C31H35N2.C29H29N2.C24H27N2.C23H25N2.C17H15N2/c1-20(2)17-23-12-10-13-24(18-21(3)4)30(23)28-19-32(6)31-29-22(5)11-9-15-26(29)25-14-7-8-16-27(25)33(28)31;1-18-12-10-15-20-21-16-11-17-22-25(21)31-26(29(4,5)28(22,2)3)24(19-13-8-7-9-14-19)30(6)27(31)23(18)20;1-14-10-8-11-16-17-12-9-13-18-20(17)26-21(24(5,6)23(18,3)4)15(2)25(7)22(26)19(14)16;1-14-9-7-10-15-16-11-8-12-17-20(16)25-18(23(4,5)22(17,2)3)13-24(6)21(25)19(14)15;1-12-6-5-8-14-13-7-3-4-9-15(13)19-11-10-18(2)17(19)16(12)14/h7-16,19-21H,17-18H2,1-6H3;7-17H,1-6H3;8-13H,1-7H3;7-13H,1-6H3;3-11H,1-2H3/q5*+1. The van der Waals surface area contributed by atoms with Gasteiger partial charge in [0.25, 0.3) is 28.2 Å². The number of aryl methyl sites for hydroxylation is 10. The Labute approximate surface area is 789 Å². The van der Waals surface area contributed by atoms with Crippen LogP contribution in [0.1, 0.15) is 189 Å². The van der Waals surface area contributed by atoms with E-state index in [2.05, 4.69) is 500 Å². The number of nitrogens with zero attached hydrogens (tertiary/aromatic N) is 10. The number of para-hydroxylation sites is 5. The molecule has 0 bridgehead atoms. The Balaban J connectivity index is 0.000000102. The molecule has 0 spiro atoms. The lowest BCUT2D eigenvalue weighted by molar-refractivity contribution is -0.643. The predicted octanol–water partition coefficient (Wildman–Crippen LogP) is 27.6.